The summed E-state index contributed by atoms with van der Waals surface area (Å²) in [5.41, 5.74) is 2.47. The average Bonchev–Trinajstić information content (AvgIpc) is 2.82. The van der Waals surface area contributed by atoms with Crippen molar-refractivity contribution in [2.45, 2.75) is 44.8 Å². The van der Waals surface area contributed by atoms with Crippen LogP contribution in [0, 0.1) is 0 Å². The minimum absolute atomic E-state index is 0.195. The maximum Gasteiger partial charge on any atom is 0.0871 e. The molecule has 1 saturated heterocycles. The lowest BCUT2D eigenvalue weighted by Crippen LogP contribution is -2.24. The standard InChI is InChI=1S/C15H23NO/c1-15(2,17-3)13-7-4-6-12(10-13)11-14-8-5-9-16-14/h4,6-7,10,14,16H,5,8-9,11H2,1-3H3. The molecule has 2 rings (SSSR count). The summed E-state index contributed by atoms with van der Waals surface area (Å²) >= 11 is 0. The topological polar surface area (TPSA) is 21.3 Å². The van der Waals surface area contributed by atoms with Crippen LogP contribution in [-0.4, -0.2) is 19.7 Å². The van der Waals surface area contributed by atoms with Crippen LogP contribution in [0.5, 0.6) is 0 Å². The Morgan fingerprint density at radius 1 is 1.41 bits per heavy atom. The highest BCUT2D eigenvalue weighted by atomic mass is 16.5. The first-order valence-corrected chi connectivity index (χ1v) is 6.50. The molecule has 0 amide bonds. The molecule has 17 heavy (non-hydrogen) atoms. The van der Waals surface area contributed by atoms with Crippen LogP contribution < -0.4 is 5.32 Å². The van der Waals surface area contributed by atoms with Gasteiger partial charge in [0.2, 0.25) is 0 Å². The summed E-state index contributed by atoms with van der Waals surface area (Å²) in [6.07, 6.45) is 3.75. The zero-order valence-electron chi connectivity index (χ0n) is 11.1. The van der Waals surface area contributed by atoms with Crippen molar-refractivity contribution in [3.8, 4) is 0 Å². The van der Waals surface area contributed by atoms with Gasteiger partial charge in [0, 0.05) is 13.2 Å². The number of ether oxygens (including phenoxy) is 1. The average molecular weight is 233 g/mol. The fourth-order valence-electron chi connectivity index (χ4n) is 2.41. The predicted octanol–water partition coefficient (Wildman–Crippen LogP) is 2.86. The van der Waals surface area contributed by atoms with Crippen molar-refractivity contribution in [1.82, 2.24) is 5.32 Å². The molecule has 0 saturated carbocycles. The summed E-state index contributed by atoms with van der Waals surface area (Å²) in [6, 6.07) is 9.45. The number of hydrogen-bond donors (Lipinski definition) is 1. The molecule has 94 valence electrons. The van der Waals surface area contributed by atoms with E-state index < -0.39 is 0 Å². The summed E-state index contributed by atoms with van der Waals surface area (Å²) in [5.74, 6) is 0. The number of benzene rings is 1. The van der Waals surface area contributed by atoms with Crippen molar-refractivity contribution in [1.29, 1.82) is 0 Å². The van der Waals surface area contributed by atoms with Gasteiger partial charge in [-0.25, -0.2) is 0 Å². The highest BCUT2D eigenvalue weighted by Crippen LogP contribution is 2.25. The Hall–Kier alpha value is -0.860. The second-order valence-electron chi connectivity index (χ2n) is 5.41. The molecule has 2 nitrogen and oxygen atoms in total. The van der Waals surface area contributed by atoms with E-state index >= 15 is 0 Å². The second-order valence-corrected chi connectivity index (χ2v) is 5.41. The molecule has 1 atom stereocenters. The van der Waals surface area contributed by atoms with E-state index in [4.69, 9.17) is 4.74 Å². The Kier molecular flexibility index (Phi) is 3.85. The first-order valence-electron chi connectivity index (χ1n) is 6.50. The zero-order chi connectivity index (χ0) is 12.3. The maximum absolute atomic E-state index is 5.53. The fourth-order valence-corrected chi connectivity index (χ4v) is 2.41. The Morgan fingerprint density at radius 3 is 2.88 bits per heavy atom. The molecule has 1 N–H and O–H groups in total. The number of hydrogen-bond acceptors (Lipinski definition) is 2. The van der Waals surface area contributed by atoms with Crippen LogP contribution in [-0.2, 0) is 16.8 Å². The van der Waals surface area contributed by atoms with E-state index in [0.717, 1.165) is 6.42 Å². The molecule has 0 spiro atoms. The quantitative estimate of drug-likeness (QED) is 0.863. The largest absolute Gasteiger partial charge is 0.374 e. The van der Waals surface area contributed by atoms with Gasteiger partial charge in [0.05, 0.1) is 5.60 Å². The number of methoxy groups -OCH3 is 1. The van der Waals surface area contributed by atoms with Crippen molar-refractivity contribution in [3.05, 3.63) is 35.4 Å². The molecule has 1 unspecified atom stereocenters. The lowest BCUT2D eigenvalue weighted by Gasteiger charge is -2.24. The molecule has 1 aliphatic rings. The van der Waals surface area contributed by atoms with E-state index in [1.807, 2.05) is 0 Å². The zero-order valence-corrected chi connectivity index (χ0v) is 11.1. The first-order chi connectivity index (χ1) is 8.12. The highest BCUT2D eigenvalue weighted by Gasteiger charge is 2.20. The second kappa shape index (κ2) is 5.19. The molecule has 0 radical (unpaired) electrons. The summed E-state index contributed by atoms with van der Waals surface area (Å²) in [5, 5.41) is 3.55. The molecule has 0 aromatic heterocycles. The van der Waals surface area contributed by atoms with E-state index in [1.165, 1.54) is 30.5 Å². The van der Waals surface area contributed by atoms with Gasteiger partial charge in [-0.3, -0.25) is 0 Å². The monoisotopic (exact) mass is 233 g/mol. The van der Waals surface area contributed by atoms with Gasteiger partial charge in [-0.05, 0) is 50.8 Å². The van der Waals surface area contributed by atoms with Crippen molar-refractivity contribution in [3.63, 3.8) is 0 Å². The molecule has 1 aromatic carbocycles. The molecule has 2 heteroatoms. The SMILES string of the molecule is COC(C)(C)c1cccc(CC2CCCN2)c1. The fraction of sp³-hybridized carbons (Fsp3) is 0.600. The van der Waals surface area contributed by atoms with Crippen LogP contribution in [0.1, 0.15) is 37.8 Å². The maximum atomic E-state index is 5.53. The summed E-state index contributed by atoms with van der Waals surface area (Å²) in [7, 11) is 1.77. The number of nitrogens with one attached hydrogen (secondary N) is 1. The molecule has 0 bridgehead atoms. The third-order valence-electron chi connectivity index (χ3n) is 3.78. The Balaban J connectivity index is 2.10. The minimum atomic E-state index is -0.195. The van der Waals surface area contributed by atoms with E-state index in [2.05, 4.69) is 43.4 Å². The first kappa shape index (κ1) is 12.6. The van der Waals surface area contributed by atoms with Crippen LogP contribution in [0.15, 0.2) is 24.3 Å². The van der Waals surface area contributed by atoms with E-state index in [1.54, 1.807) is 7.11 Å². The number of rotatable bonds is 4. The summed E-state index contributed by atoms with van der Waals surface area (Å²) in [6.45, 7) is 5.40. The van der Waals surface area contributed by atoms with Gasteiger partial charge in [0.1, 0.15) is 0 Å². The summed E-state index contributed by atoms with van der Waals surface area (Å²) < 4.78 is 5.53. The van der Waals surface area contributed by atoms with Gasteiger partial charge in [-0.2, -0.15) is 0 Å². The molecule has 1 aliphatic heterocycles. The van der Waals surface area contributed by atoms with Crippen LogP contribution >= 0.6 is 0 Å². The Bertz CT molecular complexity index is 367. The van der Waals surface area contributed by atoms with Crippen molar-refractivity contribution < 1.29 is 4.74 Å². The van der Waals surface area contributed by atoms with Gasteiger partial charge >= 0.3 is 0 Å². The molecule has 1 aromatic rings. The molecule has 0 aliphatic carbocycles. The van der Waals surface area contributed by atoms with Crippen molar-refractivity contribution >= 4 is 0 Å². The lowest BCUT2D eigenvalue weighted by molar-refractivity contribution is 0.0191. The Labute approximate surface area is 104 Å². The predicted molar refractivity (Wildman–Crippen MR) is 71.2 cm³/mol. The Morgan fingerprint density at radius 2 is 2.24 bits per heavy atom. The third kappa shape index (κ3) is 3.08. The van der Waals surface area contributed by atoms with Gasteiger partial charge < -0.3 is 10.1 Å². The molecular weight excluding hydrogens is 210 g/mol. The van der Waals surface area contributed by atoms with Crippen LogP contribution in [0.4, 0.5) is 0 Å². The van der Waals surface area contributed by atoms with Gasteiger partial charge in [-0.15, -0.1) is 0 Å². The smallest absolute Gasteiger partial charge is 0.0871 e. The van der Waals surface area contributed by atoms with Crippen LogP contribution in [0.2, 0.25) is 0 Å². The van der Waals surface area contributed by atoms with Gasteiger partial charge in [0.15, 0.2) is 0 Å². The van der Waals surface area contributed by atoms with Crippen LogP contribution in [0.3, 0.4) is 0 Å². The molecule has 1 heterocycles. The van der Waals surface area contributed by atoms with Crippen molar-refractivity contribution in [2.75, 3.05) is 13.7 Å². The van der Waals surface area contributed by atoms with E-state index in [0.29, 0.717) is 6.04 Å². The summed E-state index contributed by atoms with van der Waals surface area (Å²) in [4.78, 5) is 0. The van der Waals surface area contributed by atoms with Gasteiger partial charge in [0.25, 0.3) is 0 Å². The van der Waals surface area contributed by atoms with Crippen LogP contribution in [0.25, 0.3) is 0 Å². The lowest BCUT2D eigenvalue weighted by atomic mass is 9.94. The molecular formula is C15H23NO. The molecule has 1 fully saturated rings. The van der Waals surface area contributed by atoms with E-state index in [-0.39, 0.29) is 5.60 Å². The third-order valence-corrected chi connectivity index (χ3v) is 3.78. The van der Waals surface area contributed by atoms with Crippen molar-refractivity contribution in [2.24, 2.45) is 0 Å². The van der Waals surface area contributed by atoms with Gasteiger partial charge in [-0.1, -0.05) is 24.3 Å². The highest BCUT2D eigenvalue weighted by molar-refractivity contribution is 5.28. The van der Waals surface area contributed by atoms with E-state index in [9.17, 15) is 0 Å². The normalized spacial score (nSPS) is 20.8. The minimum Gasteiger partial charge on any atom is -0.374 e.